The van der Waals surface area contributed by atoms with E-state index in [1.807, 2.05) is 7.05 Å². The summed E-state index contributed by atoms with van der Waals surface area (Å²) in [5.41, 5.74) is 0. The second-order valence-corrected chi connectivity index (χ2v) is 5.28. The van der Waals surface area contributed by atoms with E-state index in [-0.39, 0.29) is 6.04 Å². The summed E-state index contributed by atoms with van der Waals surface area (Å²) in [5.74, 6) is 0.828. The molecule has 1 aliphatic carbocycles. The third-order valence-electron chi connectivity index (χ3n) is 2.85. The first-order chi connectivity index (χ1) is 8.11. The average molecular weight is 239 g/mol. The lowest BCUT2D eigenvalue weighted by atomic mass is 10.2. The largest absolute Gasteiger partial charge is 0.380 e. The number of likely N-dealkylation sites (N-methyl/N-ethyl adjacent to an activating group) is 1. The molecule has 0 heterocycles. The second-order valence-electron chi connectivity index (χ2n) is 5.28. The molecule has 0 radical (unpaired) electrons. The number of nitrogens with zero attached hydrogens (tertiary/aromatic N) is 2. The molecule has 0 spiro atoms. The number of rotatable bonds is 9. The maximum absolute atomic E-state index is 9.01. The molecule has 1 aliphatic rings. The van der Waals surface area contributed by atoms with E-state index in [9.17, 15) is 0 Å². The van der Waals surface area contributed by atoms with Crippen LogP contribution >= 0.6 is 0 Å². The van der Waals surface area contributed by atoms with E-state index in [0.717, 1.165) is 32.2 Å². The zero-order valence-corrected chi connectivity index (χ0v) is 11.3. The van der Waals surface area contributed by atoms with Crippen molar-refractivity contribution in [3.8, 4) is 6.07 Å². The van der Waals surface area contributed by atoms with Crippen LogP contribution in [-0.2, 0) is 4.74 Å². The molecule has 0 aliphatic heterocycles. The Labute approximate surface area is 105 Å². The van der Waals surface area contributed by atoms with Crippen molar-refractivity contribution in [1.82, 2.24) is 10.2 Å². The number of hydrogen-bond acceptors (Lipinski definition) is 4. The zero-order chi connectivity index (χ0) is 12.7. The van der Waals surface area contributed by atoms with Crippen molar-refractivity contribution in [2.45, 2.75) is 38.8 Å². The van der Waals surface area contributed by atoms with Gasteiger partial charge in [-0.2, -0.15) is 5.26 Å². The van der Waals surface area contributed by atoms with Gasteiger partial charge in [-0.3, -0.25) is 5.32 Å². The fourth-order valence-electron chi connectivity index (χ4n) is 1.69. The Morgan fingerprint density at radius 3 is 2.71 bits per heavy atom. The third-order valence-corrected chi connectivity index (χ3v) is 2.85. The van der Waals surface area contributed by atoms with Gasteiger partial charge in [-0.15, -0.1) is 0 Å². The Morgan fingerprint density at radius 1 is 1.47 bits per heavy atom. The van der Waals surface area contributed by atoms with Crippen LogP contribution in [0.4, 0.5) is 0 Å². The van der Waals surface area contributed by atoms with Gasteiger partial charge in [0.25, 0.3) is 0 Å². The smallest absolute Gasteiger partial charge is 0.108 e. The minimum atomic E-state index is -0.0940. The van der Waals surface area contributed by atoms with E-state index in [2.05, 4.69) is 30.1 Å². The average Bonchev–Trinajstić information content (AvgIpc) is 3.06. The number of ether oxygens (including phenoxy) is 1. The molecule has 1 unspecified atom stereocenters. The van der Waals surface area contributed by atoms with Crippen molar-refractivity contribution in [2.24, 2.45) is 5.92 Å². The highest BCUT2D eigenvalue weighted by Crippen LogP contribution is 2.28. The summed E-state index contributed by atoms with van der Waals surface area (Å²) >= 11 is 0. The molecule has 98 valence electrons. The molecule has 17 heavy (non-hydrogen) atoms. The van der Waals surface area contributed by atoms with Gasteiger partial charge in [-0.1, -0.05) is 0 Å². The maximum Gasteiger partial charge on any atom is 0.108 e. The minimum absolute atomic E-state index is 0.0940. The van der Waals surface area contributed by atoms with Crippen LogP contribution in [0.2, 0.25) is 0 Å². The molecule has 1 saturated carbocycles. The zero-order valence-electron chi connectivity index (χ0n) is 11.3. The van der Waals surface area contributed by atoms with Crippen molar-refractivity contribution in [2.75, 3.05) is 33.4 Å². The van der Waals surface area contributed by atoms with Gasteiger partial charge >= 0.3 is 0 Å². The van der Waals surface area contributed by atoms with E-state index in [1.165, 1.54) is 12.8 Å². The Balaban J connectivity index is 2.04. The summed E-state index contributed by atoms with van der Waals surface area (Å²) in [6.45, 7) is 7.45. The quantitative estimate of drug-likeness (QED) is 0.615. The van der Waals surface area contributed by atoms with E-state index >= 15 is 0 Å². The number of nitrogens with one attached hydrogen (secondary N) is 1. The summed E-state index contributed by atoms with van der Waals surface area (Å²) < 4.78 is 5.58. The SMILES string of the molecule is CC(C)NC(C#N)CN(C)CCOCC1CC1. The summed E-state index contributed by atoms with van der Waals surface area (Å²) in [7, 11) is 2.03. The Hall–Kier alpha value is -0.630. The van der Waals surface area contributed by atoms with E-state index in [1.54, 1.807) is 0 Å². The molecule has 0 aromatic heterocycles. The summed E-state index contributed by atoms with van der Waals surface area (Å²) in [5, 5.41) is 12.2. The van der Waals surface area contributed by atoms with Crippen LogP contribution < -0.4 is 5.32 Å². The van der Waals surface area contributed by atoms with E-state index < -0.39 is 0 Å². The maximum atomic E-state index is 9.01. The molecule has 0 amide bonds. The summed E-state index contributed by atoms with van der Waals surface area (Å²) in [4.78, 5) is 2.15. The van der Waals surface area contributed by atoms with Crippen LogP contribution in [0.25, 0.3) is 0 Å². The molecule has 1 N–H and O–H groups in total. The molecular weight excluding hydrogens is 214 g/mol. The number of hydrogen-bond donors (Lipinski definition) is 1. The molecule has 0 saturated heterocycles. The van der Waals surface area contributed by atoms with Gasteiger partial charge in [0.1, 0.15) is 6.04 Å². The monoisotopic (exact) mass is 239 g/mol. The highest BCUT2D eigenvalue weighted by molar-refractivity contribution is 4.92. The van der Waals surface area contributed by atoms with Crippen LogP contribution in [0, 0.1) is 17.2 Å². The first kappa shape index (κ1) is 14.4. The topological polar surface area (TPSA) is 48.3 Å². The van der Waals surface area contributed by atoms with Crippen LogP contribution in [0.5, 0.6) is 0 Å². The molecule has 4 nitrogen and oxygen atoms in total. The highest BCUT2D eigenvalue weighted by Gasteiger charge is 2.21. The molecule has 1 fully saturated rings. The third kappa shape index (κ3) is 7.32. The van der Waals surface area contributed by atoms with Crippen molar-refractivity contribution in [3.63, 3.8) is 0 Å². The van der Waals surface area contributed by atoms with Crippen molar-refractivity contribution in [3.05, 3.63) is 0 Å². The molecular formula is C13H25N3O. The van der Waals surface area contributed by atoms with Gasteiger partial charge in [0.2, 0.25) is 0 Å². The van der Waals surface area contributed by atoms with Crippen molar-refractivity contribution in [1.29, 1.82) is 5.26 Å². The van der Waals surface area contributed by atoms with Gasteiger partial charge in [-0.25, -0.2) is 0 Å². The van der Waals surface area contributed by atoms with Crippen LogP contribution in [-0.4, -0.2) is 50.3 Å². The van der Waals surface area contributed by atoms with Crippen LogP contribution in [0.1, 0.15) is 26.7 Å². The van der Waals surface area contributed by atoms with Gasteiger partial charge in [0, 0.05) is 25.7 Å². The van der Waals surface area contributed by atoms with Gasteiger partial charge < -0.3 is 9.64 Å². The lowest BCUT2D eigenvalue weighted by Crippen LogP contribution is -2.42. The lowest BCUT2D eigenvalue weighted by Gasteiger charge is -2.21. The Kier molecular flexibility index (Phi) is 6.49. The van der Waals surface area contributed by atoms with E-state index in [4.69, 9.17) is 10.00 Å². The van der Waals surface area contributed by atoms with Gasteiger partial charge in [0.05, 0.1) is 12.7 Å². The molecule has 0 aromatic rings. The van der Waals surface area contributed by atoms with Crippen LogP contribution in [0.15, 0.2) is 0 Å². The summed E-state index contributed by atoms with van der Waals surface area (Å²) in [6, 6.07) is 2.54. The predicted octanol–water partition coefficient (Wildman–Crippen LogP) is 1.23. The van der Waals surface area contributed by atoms with E-state index in [0.29, 0.717) is 6.04 Å². The second kappa shape index (κ2) is 7.65. The summed E-state index contributed by atoms with van der Waals surface area (Å²) in [6.07, 6.45) is 2.68. The van der Waals surface area contributed by atoms with Gasteiger partial charge in [-0.05, 0) is 39.7 Å². The lowest BCUT2D eigenvalue weighted by molar-refractivity contribution is 0.102. The predicted molar refractivity (Wildman–Crippen MR) is 68.7 cm³/mol. The molecule has 0 aromatic carbocycles. The minimum Gasteiger partial charge on any atom is -0.380 e. The molecule has 1 rings (SSSR count). The molecule has 4 heteroatoms. The van der Waals surface area contributed by atoms with Crippen molar-refractivity contribution < 1.29 is 4.74 Å². The Bertz CT molecular complexity index is 246. The molecule has 1 atom stereocenters. The normalized spacial score (nSPS) is 17.4. The highest BCUT2D eigenvalue weighted by atomic mass is 16.5. The standard InChI is InChI=1S/C13H25N3O/c1-11(2)15-13(8-14)9-16(3)6-7-17-10-12-4-5-12/h11-13,15H,4-7,9-10H2,1-3H3. The fourth-order valence-corrected chi connectivity index (χ4v) is 1.69. The fraction of sp³-hybridized carbons (Fsp3) is 0.923. The number of nitriles is 1. The first-order valence-corrected chi connectivity index (χ1v) is 6.53. The van der Waals surface area contributed by atoms with Gasteiger partial charge in [0.15, 0.2) is 0 Å². The molecule has 0 bridgehead atoms. The first-order valence-electron chi connectivity index (χ1n) is 6.53. The van der Waals surface area contributed by atoms with Crippen LogP contribution in [0.3, 0.4) is 0 Å². The Morgan fingerprint density at radius 2 is 2.18 bits per heavy atom. The van der Waals surface area contributed by atoms with Crippen molar-refractivity contribution >= 4 is 0 Å².